The van der Waals surface area contributed by atoms with Crippen LogP contribution in [0.2, 0.25) is 0 Å². The molecule has 0 saturated carbocycles. The fraction of sp³-hybridized carbons (Fsp3) is 0.556. The Morgan fingerprint density at radius 2 is 1.96 bits per heavy atom. The molecule has 2 aromatic rings. The van der Waals surface area contributed by atoms with Gasteiger partial charge in [-0.3, -0.25) is 4.79 Å². The minimum atomic E-state index is -0.151. The van der Waals surface area contributed by atoms with E-state index in [0.29, 0.717) is 5.82 Å². The van der Waals surface area contributed by atoms with Crippen molar-refractivity contribution in [3.63, 3.8) is 0 Å². The first-order valence-corrected chi connectivity index (χ1v) is 9.65. The van der Waals surface area contributed by atoms with Gasteiger partial charge in [0.05, 0.1) is 10.9 Å². The number of amides is 1. The van der Waals surface area contributed by atoms with E-state index < -0.39 is 0 Å². The maximum absolute atomic E-state index is 12.6. The van der Waals surface area contributed by atoms with E-state index >= 15 is 0 Å². The highest BCUT2D eigenvalue weighted by molar-refractivity contribution is 8.00. The van der Waals surface area contributed by atoms with Crippen molar-refractivity contribution in [2.24, 2.45) is 5.92 Å². The zero-order chi connectivity index (χ0) is 18.0. The highest BCUT2D eigenvalue weighted by Crippen LogP contribution is 2.25. The number of carbonyl (C=O) groups is 1. The second kappa shape index (κ2) is 7.56. The molecule has 1 amide bonds. The first-order chi connectivity index (χ1) is 11.9. The summed E-state index contributed by atoms with van der Waals surface area (Å²) in [5.41, 5.74) is 1.97. The summed E-state index contributed by atoms with van der Waals surface area (Å²) < 4.78 is 1.78. The van der Waals surface area contributed by atoms with Gasteiger partial charge in [-0.05, 0) is 57.7 Å². The van der Waals surface area contributed by atoms with Crippen LogP contribution in [0, 0.1) is 19.8 Å². The molecule has 0 bridgehead atoms. The summed E-state index contributed by atoms with van der Waals surface area (Å²) in [5, 5.41) is 13.6. The molecule has 25 heavy (non-hydrogen) atoms. The van der Waals surface area contributed by atoms with Crippen molar-refractivity contribution in [2.75, 3.05) is 13.1 Å². The Balaban J connectivity index is 1.63. The van der Waals surface area contributed by atoms with E-state index in [1.54, 1.807) is 4.68 Å². The molecule has 7 heteroatoms. The molecule has 0 aliphatic carbocycles. The van der Waals surface area contributed by atoms with Gasteiger partial charge in [0.1, 0.15) is 5.03 Å². The van der Waals surface area contributed by atoms with Crippen molar-refractivity contribution >= 4 is 17.7 Å². The van der Waals surface area contributed by atoms with Crippen LogP contribution in [0.4, 0.5) is 0 Å². The Bertz CT molecular complexity index is 734. The molecule has 0 unspecified atom stereocenters. The zero-order valence-electron chi connectivity index (χ0n) is 15.3. The number of aromatic nitrogens is 4. The van der Waals surface area contributed by atoms with Crippen LogP contribution in [0.3, 0.4) is 0 Å². The Kier molecular flexibility index (Phi) is 5.42. The lowest BCUT2D eigenvalue weighted by Crippen LogP contribution is -2.41. The fourth-order valence-electron chi connectivity index (χ4n) is 3.07. The molecule has 3 heterocycles. The highest BCUT2D eigenvalue weighted by Gasteiger charge is 2.25. The molecule has 1 fully saturated rings. The van der Waals surface area contributed by atoms with Crippen LogP contribution in [0.5, 0.6) is 0 Å². The van der Waals surface area contributed by atoms with Crippen LogP contribution in [0.15, 0.2) is 23.2 Å². The molecule has 0 N–H and O–H groups in total. The lowest BCUT2D eigenvalue weighted by molar-refractivity contribution is -0.131. The van der Waals surface area contributed by atoms with Crippen LogP contribution in [0.1, 0.15) is 38.1 Å². The molecule has 1 aliphatic heterocycles. The van der Waals surface area contributed by atoms with E-state index in [1.165, 1.54) is 11.8 Å². The fourth-order valence-corrected chi connectivity index (χ4v) is 3.91. The molecule has 0 radical (unpaired) electrons. The van der Waals surface area contributed by atoms with Gasteiger partial charge in [0, 0.05) is 18.8 Å². The standard InChI is InChI=1S/C18H25N5OS/c1-12-7-9-22(10-8-12)18(24)15(4)25-17-6-5-16(19-20-17)23-14(3)11-13(2)21-23/h5-6,11-12,15H,7-10H2,1-4H3/t15-/m1/s1. The summed E-state index contributed by atoms with van der Waals surface area (Å²) in [6.07, 6.45) is 2.19. The molecule has 0 spiro atoms. The maximum Gasteiger partial charge on any atom is 0.235 e. The molecule has 0 aromatic carbocycles. The van der Waals surface area contributed by atoms with Gasteiger partial charge < -0.3 is 4.90 Å². The van der Waals surface area contributed by atoms with Gasteiger partial charge in [-0.1, -0.05) is 18.7 Å². The summed E-state index contributed by atoms with van der Waals surface area (Å²) in [4.78, 5) is 14.6. The number of thioether (sulfide) groups is 1. The molecule has 1 saturated heterocycles. The van der Waals surface area contributed by atoms with Crippen molar-refractivity contribution in [1.82, 2.24) is 24.9 Å². The van der Waals surface area contributed by atoms with E-state index in [9.17, 15) is 4.79 Å². The minimum Gasteiger partial charge on any atom is -0.342 e. The maximum atomic E-state index is 12.6. The first-order valence-electron chi connectivity index (χ1n) is 8.77. The second-order valence-corrected chi connectivity index (χ2v) is 8.20. The van der Waals surface area contributed by atoms with Gasteiger partial charge in [-0.25, -0.2) is 4.68 Å². The van der Waals surface area contributed by atoms with E-state index in [2.05, 4.69) is 22.2 Å². The third-order valence-corrected chi connectivity index (χ3v) is 5.61. The van der Waals surface area contributed by atoms with Crippen LogP contribution >= 0.6 is 11.8 Å². The van der Waals surface area contributed by atoms with Crippen molar-refractivity contribution in [3.05, 3.63) is 29.6 Å². The first kappa shape index (κ1) is 17.9. The summed E-state index contributed by atoms with van der Waals surface area (Å²) in [6.45, 7) is 9.88. The number of likely N-dealkylation sites (tertiary alicyclic amines) is 1. The normalized spacial score (nSPS) is 16.9. The predicted molar refractivity (Wildman–Crippen MR) is 98.9 cm³/mol. The smallest absolute Gasteiger partial charge is 0.235 e. The average molecular weight is 359 g/mol. The third kappa shape index (κ3) is 4.21. The van der Waals surface area contributed by atoms with Crippen LogP contribution < -0.4 is 0 Å². The van der Waals surface area contributed by atoms with Crippen molar-refractivity contribution < 1.29 is 4.79 Å². The molecular weight excluding hydrogens is 334 g/mol. The van der Waals surface area contributed by atoms with Crippen LogP contribution in [0.25, 0.3) is 5.82 Å². The quantitative estimate of drug-likeness (QED) is 0.785. The van der Waals surface area contributed by atoms with Crippen molar-refractivity contribution in [2.45, 2.75) is 50.8 Å². The summed E-state index contributed by atoms with van der Waals surface area (Å²) in [5.74, 6) is 1.61. The van der Waals surface area contributed by atoms with Crippen molar-refractivity contribution in [3.8, 4) is 5.82 Å². The molecule has 2 aromatic heterocycles. The molecule has 6 nitrogen and oxygen atoms in total. The topological polar surface area (TPSA) is 63.9 Å². The van der Waals surface area contributed by atoms with Gasteiger partial charge in [0.25, 0.3) is 0 Å². The SMILES string of the molecule is Cc1cc(C)n(-c2ccc(S[C@H](C)C(=O)N3CCC(C)CC3)nn2)n1. The molecule has 134 valence electrons. The third-order valence-electron chi connectivity index (χ3n) is 4.59. The largest absolute Gasteiger partial charge is 0.342 e. The van der Waals surface area contributed by atoms with E-state index in [1.807, 2.05) is 43.9 Å². The second-order valence-electron chi connectivity index (χ2n) is 6.84. The van der Waals surface area contributed by atoms with Crippen LogP contribution in [-0.4, -0.2) is 49.1 Å². The van der Waals surface area contributed by atoms with Crippen molar-refractivity contribution in [1.29, 1.82) is 0 Å². The number of hydrogen-bond donors (Lipinski definition) is 0. The number of rotatable bonds is 4. The number of aryl methyl sites for hydroxylation is 2. The van der Waals surface area contributed by atoms with Gasteiger partial charge >= 0.3 is 0 Å². The van der Waals surface area contributed by atoms with E-state index in [0.717, 1.165) is 48.3 Å². The number of hydrogen-bond acceptors (Lipinski definition) is 5. The molecule has 3 rings (SSSR count). The Morgan fingerprint density at radius 3 is 2.52 bits per heavy atom. The Hall–Kier alpha value is -1.89. The van der Waals surface area contributed by atoms with E-state index in [-0.39, 0.29) is 11.2 Å². The zero-order valence-corrected chi connectivity index (χ0v) is 16.1. The summed E-state index contributed by atoms with van der Waals surface area (Å²) in [6, 6.07) is 5.81. The van der Waals surface area contributed by atoms with Gasteiger partial charge in [0.15, 0.2) is 5.82 Å². The summed E-state index contributed by atoms with van der Waals surface area (Å²) in [7, 11) is 0. The van der Waals surface area contributed by atoms with Gasteiger partial charge in [0.2, 0.25) is 5.91 Å². The summed E-state index contributed by atoms with van der Waals surface area (Å²) >= 11 is 1.46. The molecule has 1 aliphatic rings. The molecule has 1 atom stereocenters. The lowest BCUT2D eigenvalue weighted by Gasteiger charge is -2.31. The number of piperidine rings is 1. The number of carbonyl (C=O) groups excluding carboxylic acids is 1. The van der Waals surface area contributed by atoms with E-state index in [4.69, 9.17) is 0 Å². The monoisotopic (exact) mass is 359 g/mol. The van der Waals surface area contributed by atoms with Gasteiger partial charge in [-0.2, -0.15) is 5.10 Å². The van der Waals surface area contributed by atoms with Crippen LogP contribution in [-0.2, 0) is 4.79 Å². The lowest BCUT2D eigenvalue weighted by atomic mass is 9.99. The Labute approximate surface area is 153 Å². The molecular formula is C18H25N5OS. The number of nitrogens with zero attached hydrogens (tertiary/aromatic N) is 5. The predicted octanol–water partition coefficient (Wildman–Crippen LogP) is 3.02. The highest BCUT2D eigenvalue weighted by atomic mass is 32.2. The van der Waals surface area contributed by atoms with Gasteiger partial charge in [-0.15, -0.1) is 10.2 Å². The average Bonchev–Trinajstić information content (AvgIpc) is 2.94. The minimum absolute atomic E-state index is 0.151. The Morgan fingerprint density at radius 1 is 1.24 bits per heavy atom.